The molecule has 0 bridgehead atoms. The molecule has 2 rings (SSSR count). The van der Waals surface area contributed by atoms with Crippen molar-refractivity contribution in [2.75, 3.05) is 6.61 Å². The van der Waals surface area contributed by atoms with Crippen LogP contribution in [0, 0.1) is 6.92 Å². The molecule has 1 aliphatic carbocycles. The van der Waals surface area contributed by atoms with E-state index >= 15 is 0 Å². The Labute approximate surface area is 120 Å². The van der Waals surface area contributed by atoms with Crippen LogP contribution in [0.1, 0.15) is 38.8 Å². The Bertz CT molecular complexity index is 432. The lowest BCUT2D eigenvalue weighted by atomic mass is 9.98. The van der Waals surface area contributed by atoms with Gasteiger partial charge in [-0.3, -0.25) is 4.68 Å². The third-order valence-corrected chi connectivity index (χ3v) is 5.07. The second-order valence-electron chi connectivity index (χ2n) is 5.97. The molecule has 5 heteroatoms. The van der Waals surface area contributed by atoms with E-state index in [-0.39, 0.29) is 12.1 Å². The quantitative estimate of drug-likeness (QED) is 0.869. The maximum atomic E-state index is 9.72. The molecule has 1 heterocycles. The van der Waals surface area contributed by atoms with E-state index in [9.17, 15) is 5.11 Å². The van der Waals surface area contributed by atoms with Crippen LogP contribution in [0.4, 0.5) is 0 Å². The van der Waals surface area contributed by atoms with E-state index in [2.05, 4.69) is 30.3 Å². The highest BCUT2D eigenvalue weighted by atomic mass is 32.2. The molecule has 4 nitrogen and oxygen atoms in total. The van der Waals surface area contributed by atoms with Crippen molar-refractivity contribution in [3.63, 3.8) is 0 Å². The first-order valence-electron chi connectivity index (χ1n) is 7.00. The van der Waals surface area contributed by atoms with Gasteiger partial charge < -0.3 is 10.4 Å². The molecule has 108 valence electrons. The first-order chi connectivity index (χ1) is 8.94. The van der Waals surface area contributed by atoms with Gasteiger partial charge in [-0.15, -0.1) is 11.8 Å². The highest BCUT2D eigenvalue weighted by Crippen LogP contribution is 2.40. The van der Waals surface area contributed by atoms with Crippen molar-refractivity contribution in [1.82, 2.24) is 15.1 Å². The van der Waals surface area contributed by atoms with Crippen LogP contribution < -0.4 is 5.32 Å². The van der Waals surface area contributed by atoms with Gasteiger partial charge in [-0.25, -0.2) is 0 Å². The van der Waals surface area contributed by atoms with Crippen LogP contribution in [0.5, 0.6) is 0 Å². The van der Waals surface area contributed by atoms with E-state index in [1.54, 1.807) is 0 Å². The normalized spacial score (nSPS) is 27.4. The third-order valence-electron chi connectivity index (χ3n) is 3.71. The Hall–Kier alpha value is -0.520. The second-order valence-corrected chi connectivity index (χ2v) is 7.29. The summed E-state index contributed by atoms with van der Waals surface area (Å²) in [7, 11) is 2.00. The van der Waals surface area contributed by atoms with Gasteiger partial charge in [-0.05, 0) is 32.3 Å². The number of thioether (sulfide) groups is 1. The second kappa shape index (κ2) is 5.85. The number of aryl methyl sites for hydroxylation is 2. The van der Waals surface area contributed by atoms with Gasteiger partial charge in [-0.1, -0.05) is 13.8 Å². The smallest absolute Gasteiger partial charge is 0.0942 e. The van der Waals surface area contributed by atoms with Gasteiger partial charge in [0, 0.05) is 23.9 Å². The number of aromatic nitrogens is 2. The zero-order chi connectivity index (χ0) is 14.0. The summed E-state index contributed by atoms with van der Waals surface area (Å²) in [5, 5.41) is 19.4. The van der Waals surface area contributed by atoms with E-state index in [0.29, 0.717) is 11.3 Å². The molecule has 1 aromatic rings. The molecule has 0 spiro atoms. The molecule has 0 saturated heterocycles. The maximum Gasteiger partial charge on any atom is 0.0942 e. The van der Waals surface area contributed by atoms with Crippen molar-refractivity contribution in [1.29, 1.82) is 0 Å². The summed E-state index contributed by atoms with van der Waals surface area (Å²) in [6.07, 6.45) is 3.22. The van der Waals surface area contributed by atoms with E-state index in [4.69, 9.17) is 0 Å². The largest absolute Gasteiger partial charge is 0.394 e. The minimum absolute atomic E-state index is 0.0839. The number of nitrogens with zero attached hydrogens (tertiary/aromatic N) is 2. The van der Waals surface area contributed by atoms with Crippen LogP contribution in [0.2, 0.25) is 0 Å². The standard InChI is InChI=1S/C14H25N3OS/c1-10(2)15-14(9-18)6-5-12(8-14)19-13-7-11(3)16-17(13)4/h7,10,12,15,18H,5-6,8-9H2,1-4H3. The molecule has 0 aliphatic heterocycles. The molecule has 1 aromatic heterocycles. The fraction of sp³-hybridized carbons (Fsp3) is 0.786. The van der Waals surface area contributed by atoms with Gasteiger partial charge in [0.05, 0.1) is 17.3 Å². The molecule has 19 heavy (non-hydrogen) atoms. The summed E-state index contributed by atoms with van der Waals surface area (Å²) in [5.74, 6) is 0. The lowest BCUT2D eigenvalue weighted by molar-refractivity contribution is 0.156. The molecule has 1 saturated carbocycles. The molecule has 0 amide bonds. The van der Waals surface area contributed by atoms with Crippen molar-refractivity contribution in [2.24, 2.45) is 7.05 Å². The summed E-state index contributed by atoms with van der Waals surface area (Å²) in [6, 6.07) is 2.55. The average Bonchev–Trinajstić information content (AvgIpc) is 2.84. The summed E-state index contributed by atoms with van der Waals surface area (Å²) < 4.78 is 1.95. The number of rotatable bonds is 5. The Morgan fingerprint density at radius 3 is 2.89 bits per heavy atom. The minimum Gasteiger partial charge on any atom is -0.394 e. The van der Waals surface area contributed by atoms with Gasteiger partial charge in [0.15, 0.2) is 0 Å². The summed E-state index contributed by atoms with van der Waals surface area (Å²) in [4.78, 5) is 0. The number of nitrogens with one attached hydrogen (secondary N) is 1. The van der Waals surface area contributed by atoms with Gasteiger partial charge >= 0.3 is 0 Å². The highest BCUT2D eigenvalue weighted by molar-refractivity contribution is 7.99. The van der Waals surface area contributed by atoms with Crippen LogP contribution in [-0.4, -0.2) is 38.3 Å². The minimum atomic E-state index is -0.0839. The molecule has 2 atom stereocenters. The summed E-state index contributed by atoms with van der Waals surface area (Å²) in [5.41, 5.74) is 0.983. The van der Waals surface area contributed by atoms with Crippen LogP contribution in [0.25, 0.3) is 0 Å². The number of aliphatic hydroxyl groups excluding tert-OH is 1. The average molecular weight is 283 g/mol. The van der Waals surface area contributed by atoms with Crippen molar-refractivity contribution in [3.05, 3.63) is 11.8 Å². The van der Waals surface area contributed by atoms with Crippen LogP contribution in [-0.2, 0) is 7.05 Å². The van der Waals surface area contributed by atoms with Crippen molar-refractivity contribution >= 4 is 11.8 Å². The highest BCUT2D eigenvalue weighted by Gasteiger charge is 2.39. The Morgan fingerprint density at radius 2 is 2.37 bits per heavy atom. The van der Waals surface area contributed by atoms with E-state index in [1.165, 1.54) is 5.03 Å². The molecule has 1 aliphatic rings. The number of hydrogen-bond acceptors (Lipinski definition) is 4. The SMILES string of the molecule is Cc1cc(SC2CCC(CO)(NC(C)C)C2)n(C)n1. The molecule has 0 radical (unpaired) electrons. The predicted octanol–water partition coefficient (Wildman–Crippen LogP) is 2.10. The molecule has 2 unspecified atom stereocenters. The van der Waals surface area contributed by atoms with Gasteiger partial charge in [-0.2, -0.15) is 5.10 Å². The molecule has 1 fully saturated rings. The zero-order valence-electron chi connectivity index (χ0n) is 12.3. The van der Waals surface area contributed by atoms with Gasteiger partial charge in [0.1, 0.15) is 0 Å². The third kappa shape index (κ3) is 3.52. The first-order valence-corrected chi connectivity index (χ1v) is 7.88. The maximum absolute atomic E-state index is 9.72. The zero-order valence-corrected chi connectivity index (χ0v) is 13.1. The molecular weight excluding hydrogens is 258 g/mol. The van der Waals surface area contributed by atoms with Gasteiger partial charge in [0.25, 0.3) is 0 Å². The fourth-order valence-electron chi connectivity index (χ4n) is 2.98. The van der Waals surface area contributed by atoms with Crippen LogP contribution in [0.3, 0.4) is 0 Å². The summed E-state index contributed by atoms with van der Waals surface area (Å²) >= 11 is 1.89. The van der Waals surface area contributed by atoms with E-state index in [1.807, 2.05) is 30.4 Å². The Morgan fingerprint density at radius 1 is 1.63 bits per heavy atom. The lowest BCUT2D eigenvalue weighted by Crippen LogP contribution is -2.49. The van der Waals surface area contributed by atoms with E-state index < -0.39 is 0 Å². The lowest BCUT2D eigenvalue weighted by Gasteiger charge is -2.31. The van der Waals surface area contributed by atoms with Gasteiger partial charge in [0.2, 0.25) is 0 Å². The van der Waals surface area contributed by atoms with Crippen molar-refractivity contribution in [3.8, 4) is 0 Å². The fourth-order valence-corrected chi connectivity index (χ4v) is 4.39. The summed E-state index contributed by atoms with van der Waals surface area (Å²) in [6.45, 7) is 6.54. The molecule has 2 N–H and O–H groups in total. The number of hydrogen-bond donors (Lipinski definition) is 2. The molecule has 0 aromatic carbocycles. The van der Waals surface area contributed by atoms with Crippen molar-refractivity contribution in [2.45, 2.75) is 61.9 Å². The van der Waals surface area contributed by atoms with Crippen LogP contribution in [0.15, 0.2) is 11.1 Å². The Balaban J connectivity index is 1.99. The molecular formula is C14H25N3OS. The van der Waals surface area contributed by atoms with E-state index in [0.717, 1.165) is 25.0 Å². The Kier molecular flexibility index (Phi) is 4.58. The van der Waals surface area contributed by atoms with Crippen LogP contribution >= 0.6 is 11.8 Å². The number of aliphatic hydroxyl groups is 1. The monoisotopic (exact) mass is 283 g/mol. The topological polar surface area (TPSA) is 50.1 Å². The van der Waals surface area contributed by atoms with Crippen molar-refractivity contribution < 1.29 is 5.11 Å². The predicted molar refractivity (Wildman–Crippen MR) is 79.5 cm³/mol. The first kappa shape index (κ1) is 14.9.